The highest BCUT2D eigenvalue weighted by Gasteiger charge is 2.45. The quantitative estimate of drug-likeness (QED) is 0.885. The van der Waals surface area contributed by atoms with E-state index in [1.807, 2.05) is 0 Å². The summed E-state index contributed by atoms with van der Waals surface area (Å²) >= 11 is 0. The van der Waals surface area contributed by atoms with Gasteiger partial charge in [-0.15, -0.1) is 0 Å². The highest BCUT2D eigenvalue weighted by Crippen LogP contribution is 2.23. The van der Waals surface area contributed by atoms with E-state index in [2.05, 4.69) is 0 Å². The average Bonchev–Trinajstić information content (AvgIpc) is 2.21. The highest BCUT2D eigenvalue weighted by atomic mass is 32.2. The second-order valence-electron chi connectivity index (χ2n) is 3.24. The maximum Gasteiger partial charge on any atom is 0.415 e. The summed E-state index contributed by atoms with van der Waals surface area (Å²) in [4.78, 5) is 10.2. The third kappa shape index (κ3) is 2.63. The summed E-state index contributed by atoms with van der Waals surface area (Å²) in [6.07, 6.45) is 0. The molecular formula is C10H10F2O3S. The third-order valence-electron chi connectivity index (χ3n) is 2.08. The summed E-state index contributed by atoms with van der Waals surface area (Å²) < 4.78 is 36.9. The second kappa shape index (κ2) is 4.69. The maximum atomic E-state index is 12.9. The minimum atomic E-state index is -4.21. The van der Waals surface area contributed by atoms with Crippen molar-refractivity contribution in [2.45, 2.75) is 17.9 Å². The van der Waals surface area contributed by atoms with Gasteiger partial charge >= 0.3 is 11.2 Å². The van der Waals surface area contributed by atoms with Crippen LogP contribution in [0.3, 0.4) is 0 Å². The Labute approximate surface area is 93.6 Å². The number of hydrogen-bond acceptors (Lipinski definition) is 2. The molecule has 0 saturated heterocycles. The molecule has 0 bridgehead atoms. The van der Waals surface area contributed by atoms with Crippen molar-refractivity contribution < 1.29 is 22.9 Å². The van der Waals surface area contributed by atoms with E-state index in [4.69, 9.17) is 5.11 Å². The summed E-state index contributed by atoms with van der Waals surface area (Å²) in [6, 6.07) is 6.58. The van der Waals surface area contributed by atoms with Crippen molar-refractivity contribution >= 4 is 16.8 Å². The van der Waals surface area contributed by atoms with Crippen molar-refractivity contribution in [3.8, 4) is 0 Å². The van der Waals surface area contributed by atoms with Crippen LogP contribution in [0.5, 0.6) is 0 Å². The number of benzene rings is 1. The van der Waals surface area contributed by atoms with E-state index in [1.54, 1.807) is 31.2 Å². The molecule has 1 unspecified atom stereocenters. The van der Waals surface area contributed by atoms with Crippen molar-refractivity contribution in [3.63, 3.8) is 0 Å². The van der Waals surface area contributed by atoms with Crippen LogP contribution in [-0.4, -0.2) is 20.5 Å². The number of carboxylic acid groups (broad SMARTS) is 1. The van der Waals surface area contributed by atoms with Gasteiger partial charge < -0.3 is 5.11 Å². The fourth-order valence-electron chi connectivity index (χ4n) is 1.10. The minimum Gasteiger partial charge on any atom is -0.476 e. The largest absolute Gasteiger partial charge is 0.476 e. The molecule has 1 N–H and O–H groups in total. The van der Waals surface area contributed by atoms with Gasteiger partial charge in [-0.2, -0.15) is 8.78 Å². The SMILES string of the molecule is Cc1ccccc1CS(=O)C(F)(F)C(=O)O. The minimum absolute atomic E-state index is 0.460. The standard InChI is InChI=1S/C10H10F2O3S/c1-7-4-2-3-5-8(7)6-16(15)10(11,12)9(13)14/h2-5H,6H2,1H3,(H,13,14). The highest BCUT2D eigenvalue weighted by molar-refractivity contribution is 7.86. The van der Waals surface area contributed by atoms with Gasteiger partial charge in [-0.25, -0.2) is 4.79 Å². The molecule has 0 saturated carbocycles. The van der Waals surface area contributed by atoms with Crippen LogP contribution in [0.4, 0.5) is 8.78 Å². The van der Waals surface area contributed by atoms with E-state index in [0.717, 1.165) is 0 Å². The number of alkyl halides is 2. The fraction of sp³-hybridized carbons (Fsp3) is 0.300. The average molecular weight is 248 g/mol. The van der Waals surface area contributed by atoms with Crippen LogP contribution in [0.1, 0.15) is 11.1 Å². The molecule has 88 valence electrons. The van der Waals surface area contributed by atoms with Crippen molar-refractivity contribution in [1.82, 2.24) is 0 Å². The molecule has 1 aromatic rings. The van der Waals surface area contributed by atoms with Gasteiger partial charge in [0.25, 0.3) is 0 Å². The Bertz CT molecular complexity index is 432. The molecule has 0 spiro atoms. The Hall–Kier alpha value is -1.30. The second-order valence-corrected chi connectivity index (χ2v) is 4.73. The van der Waals surface area contributed by atoms with E-state index in [9.17, 15) is 17.8 Å². The van der Waals surface area contributed by atoms with E-state index in [-0.39, 0.29) is 0 Å². The van der Waals surface area contributed by atoms with Crippen molar-refractivity contribution in [3.05, 3.63) is 35.4 Å². The maximum absolute atomic E-state index is 12.9. The Morgan fingerprint density at radius 3 is 2.50 bits per heavy atom. The molecule has 6 heteroatoms. The summed E-state index contributed by atoms with van der Waals surface area (Å²) in [7, 11) is -2.75. The Morgan fingerprint density at radius 2 is 2.00 bits per heavy atom. The molecule has 1 rings (SSSR count). The number of rotatable bonds is 4. The molecule has 0 heterocycles. The predicted molar refractivity (Wildman–Crippen MR) is 55.6 cm³/mol. The van der Waals surface area contributed by atoms with Crippen LogP contribution < -0.4 is 0 Å². The third-order valence-corrected chi connectivity index (χ3v) is 3.40. The van der Waals surface area contributed by atoms with E-state index >= 15 is 0 Å². The molecule has 1 atom stereocenters. The van der Waals surface area contributed by atoms with Crippen LogP contribution >= 0.6 is 0 Å². The number of aliphatic carboxylic acids is 1. The summed E-state index contributed by atoms with van der Waals surface area (Å²) in [5.74, 6) is -2.83. The molecule has 16 heavy (non-hydrogen) atoms. The molecule has 0 radical (unpaired) electrons. The fourth-order valence-corrected chi connectivity index (χ4v) is 2.08. The van der Waals surface area contributed by atoms with E-state index in [1.165, 1.54) is 0 Å². The van der Waals surface area contributed by atoms with E-state index in [0.29, 0.717) is 11.1 Å². The van der Waals surface area contributed by atoms with Gasteiger partial charge in [0, 0.05) is 0 Å². The molecule has 0 aliphatic rings. The van der Waals surface area contributed by atoms with Crippen LogP contribution in [-0.2, 0) is 21.3 Å². The summed E-state index contributed by atoms with van der Waals surface area (Å²) in [6.45, 7) is 1.69. The molecular weight excluding hydrogens is 238 g/mol. The lowest BCUT2D eigenvalue weighted by Gasteiger charge is -2.11. The molecule has 0 aliphatic carbocycles. The molecule has 0 amide bonds. The number of halogens is 2. The molecule has 0 fully saturated rings. The van der Waals surface area contributed by atoms with Crippen LogP contribution in [0.15, 0.2) is 24.3 Å². The first-order valence-corrected chi connectivity index (χ1v) is 5.71. The monoisotopic (exact) mass is 248 g/mol. The van der Waals surface area contributed by atoms with Crippen molar-refractivity contribution in [2.24, 2.45) is 0 Å². The molecule has 1 aromatic carbocycles. The van der Waals surface area contributed by atoms with Gasteiger partial charge in [0.2, 0.25) is 0 Å². The van der Waals surface area contributed by atoms with Gasteiger partial charge in [0.15, 0.2) is 0 Å². The number of hydrogen-bond donors (Lipinski definition) is 1. The Kier molecular flexibility index (Phi) is 3.74. The zero-order valence-corrected chi connectivity index (χ0v) is 9.26. The van der Waals surface area contributed by atoms with Crippen molar-refractivity contribution in [1.29, 1.82) is 0 Å². The lowest BCUT2D eigenvalue weighted by Crippen LogP contribution is -2.34. The number of carboxylic acids is 1. The van der Waals surface area contributed by atoms with Crippen LogP contribution in [0.2, 0.25) is 0 Å². The van der Waals surface area contributed by atoms with Crippen molar-refractivity contribution in [2.75, 3.05) is 0 Å². The molecule has 0 aromatic heterocycles. The normalized spacial score (nSPS) is 13.4. The zero-order valence-electron chi connectivity index (χ0n) is 8.44. The van der Waals surface area contributed by atoms with Crippen LogP contribution in [0, 0.1) is 6.92 Å². The topological polar surface area (TPSA) is 54.4 Å². The van der Waals surface area contributed by atoms with Crippen LogP contribution in [0.25, 0.3) is 0 Å². The molecule has 3 nitrogen and oxygen atoms in total. The smallest absolute Gasteiger partial charge is 0.415 e. The number of aryl methyl sites for hydroxylation is 1. The first-order chi connectivity index (χ1) is 7.35. The van der Waals surface area contributed by atoms with Gasteiger partial charge in [0.1, 0.15) is 10.8 Å². The van der Waals surface area contributed by atoms with Gasteiger partial charge in [-0.05, 0) is 18.1 Å². The predicted octanol–water partition coefficient (Wildman–Crippen LogP) is 1.92. The lowest BCUT2D eigenvalue weighted by molar-refractivity contribution is -0.153. The first kappa shape index (κ1) is 12.8. The number of carbonyl (C=O) groups is 1. The van der Waals surface area contributed by atoms with E-state index < -0.39 is 27.8 Å². The molecule has 0 aliphatic heterocycles. The van der Waals surface area contributed by atoms with Gasteiger partial charge in [-0.1, -0.05) is 24.3 Å². The van der Waals surface area contributed by atoms with Gasteiger partial charge in [0.05, 0.1) is 5.75 Å². The summed E-state index contributed by atoms with van der Waals surface area (Å²) in [5, 5.41) is 4.01. The van der Waals surface area contributed by atoms with Gasteiger partial charge in [-0.3, -0.25) is 4.21 Å². The summed E-state index contributed by atoms with van der Waals surface area (Å²) in [5.41, 5.74) is 1.17. The zero-order chi connectivity index (χ0) is 12.3. The lowest BCUT2D eigenvalue weighted by atomic mass is 10.1. The first-order valence-electron chi connectivity index (χ1n) is 4.40. The Morgan fingerprint density at radius 1 is 1.44 bits per heavy atom. The Balaban J connectivity index is 2.88.